The largest absolute Gasteiger partial charge is 0.309 e. The average molecular weight is 310 g/mol. The van der Waals surface area contributed by atoms with E-state index >= 15 is 0 Å². The fourth-order valence-corrected chi connectivity index (χ4v) is 3.97. The molecule has 0 spiro atoms. The highest BCUT2D eigenvalue weighted by atomic mass is 32.1. The minimum Gasteiger partial charge on any atom is -0.309 e. The molecule has 2 aliphatic rings. The van der Waals surface area contributed by atoms with Crippen LogP contribution in [0.3, 0.4) is 0 Å². The molecule has 114 valence electrons. The molecule has 0 N–H and O–H groups in total. The highest BCUT2D eigenvalue weighted by molar-refractivity contribution is 7.09. The van der Waals surface area contributed by atoms with Gasteiger partial charge in [-0.15, -0.1) is 11.3 Å². The molecule has 0 aromatic carbocycles. The number of allylic oxidation sites excluding steroid dienone is 5. The van der Waals surface area contributed by atoms with Crippen LogP contribution in [0.15, 0.2) is 51.3 Å². The summed E-state index contributed by atoms with van der Waals surface area (Å²) in [4.78, 5) is 6.96. The molecule has 1 aromatic rings. The Bertz CT molecular complexity index is 748. The molecule has 2 aliphatic carbocycles. The summed E-state index contributed by atoms with van der Waals surface area (Å²) in [6.45, 7) is 5.43. The number of aromatic nitrogens is 1. The normalized spacial score (nSPS) is 17.9. The molecule has 0 aliphatic heterocycles. The van der Waals surface area contributed by atoms with Crippen molar-refractivity contribution in [2.75, 3.05) is 20.6 Å². The molecule has 2 nitrogen and oxygen atoms in total. The molecule has 0 fully saturated rings. The monoisotopic (exact) mass is 310 g/mol. The Balaban J connectivity index is 2.00. The van der Waals surface area contributed by atoms with Crippen molar-refractivity contribution in [2.24, 2.45) is 0 Å². The smallest absolute Gasteiger partial charge is 0.100 e. The van der Waals surface area contributed by atoms with Gasteiger partial charge in [-0.3, -0.25) is 0 Å². The average Bonchev–Trinajstić information content (AvgIpc) is 3.07. The fraction of sp³-hybridized carbons (Fsp3) is 0.421. The van der Waals surface area contributed by atoms with Crippen LogP contribution in [0.5, 0.6) is 0 Å². The Morgan fingerprint density at radius 2 is 2.23 bits per heavy atom. The summed E-state index contributed by atoms with van der Waals surface area (Å²) in [5.74, 6) is 0.337. The molecule has 0 bridgehead atoms. The zero-order chi connectivity index (χ0) is 15.7. The van der Waals surface area contributed by atoms with Crippen molar-refractivity contribution in [3.8, 4) is 0 Å². The van der Waals surface area contributed by atoms with Crippen LogP contribution in [0.1, 0.15) is 36.4 Å². The van der Waals surface area contributed by atoms with Crippen LogP contribution in [0.2, 0.25) is 0 Å². The van der Waals surface area contributed by atoms with Crippen LogP contribution >= 0.6 is 11.3 Å². The fourth-order valence-electron chi connectivity index (χ4n) is 3.11. The van der Waals surface area contributed by atoms with E-state index in [1.54, 1.807) is 16.9 Å². The molecule has 0 amide bonds. The van der Waals surface area contributed by atoms with Gasteiger partial charge in [-0.1, -0.05) is 24.0 Å². The Kier molecular flexibility index (Phi) is 4.33. The predicted molar refractivity (Wildman–Crippen MR) is 93.3 cm³/mol. The summed E-state index contributed by atoms with van der Waals surface area (Å²) in [7, 11) is 4.27. The Morgan fingerprint density at radius 3 is 2.91 bits per heavy atom. The van der Waals surface area contributed by atoms with Crippen molar-refractivity contribution >= 4 is 11.3 Å². The molecule has 22 heavy (non-hydrogen) atoms. The van der Waals surface area contributed by atoms with Crippen molar-refractivity contribution in [2.45, 2.75) is 32.6 Å². The molecule has 1 heterocycles. The Labute approximate surface area is 136 Å². The molecule has 3 heteroatoms. The molecule has 1 unspecified atom stereocenters. The van der Waals surface area contributed by atoms with Crippen LogP contribution in [-0.4, -0.2) is 30.5 Å². The molecule has 1 atom stereocenters. The first kappa shape index (κ1) is 15.3. The van der Waals surface area contributed by atoms with Crippen molar-refractivity contribution in [1.29, 1.82) is 0 Å². The first-order valence-electron chi connectivity index (χ1n) is 7.76. The number of nitrogens with zero attached hydrogens (tertiary/aromatic N) is 2. The first-order valence-corrected chi connectivity index (χ1v) is 8.64. The molecule has 0 saturated heterocycles. The van der Waals surface area contributed by atoms with Crippen molar-refractivity contribution < 1.29 is 0 Å². The van der Waals surface area contributed by atoms with Crippen molar-refractivity contribution in [1.82, 2.24) is 9.88 Å². The molecule has 3 rings (SSSR count). The summed E-state index contributed by atoms with van der Waals surface area (Å²) in [5.41, 5.74) is 13.2. The SMILES string of the molecule is Cc1csc(C(C)C2=C(CCN(C)C)CC3=CC=C=C=C32)n1. The van der Waals surface area contributed by atoms with E-state index in [1.165, 1.54) is 21.7 Å². The van der Waals surface area contributed by atoms with E-state index in [2.05, 4.69) is 55.8 Å². The van der Waals surface area contributed by atoms with E-state index in [1.807, 2.05) is 6.08 Å². The van der Waals surface area contributed by atoms with Crippen LogP contribution in [-0.2, 0) is 0 Å². The molecule has 0 saturated carbocycles. The van der Waals surface area contributed by atoms with Gasteiger partial charge in [-0.05, 0) is 57.2 Å². The van der Waals surface area contributed by atoms with Gasteiger partial charge in [-0.2, -0.15) is 0 Å². The topological polar surface area (TPSA) is 16.1 Å². The maximum atomic E-state index is 4.71. The van der Waals surface area contributed by atoms with Gasteiger partial charge in [0.2, 0.25) is 0 Å². The van der Waals surface area contributed by atoms with Gasteiger partial charge in [0, 0.05) is 29.1 Å². The minimum atomic E-state index is 0.337. The summed E-state index contributed by atoms with van der Waals surface area (Å²) in [6, 6.07) is 0. The molecule has 0 radical (unpaired) electrons. The van der Waals surface area contributed by atoms with E-state index in [9.17, 15) is 0 Å². The van der Waals surface area contributed by atoms with Crippen LogP contribution < -0.4 is 0 Å². The quantitative estimate of drug-likeness (QED) is 0.750. The van der Waals surface area contributed by atoms with Gasteiger partial charge in [0.25, 0.3) is 0 Å². The maximum absolute atomic E-state index is 4.71. The summed E-state index contributed by atoms with van der Waals surface area (Å²) in [6.07, 6.45) is 6.33. The number of hydrogen-bond donors (Lipinski definition) is 0. The summed E-state index contributed by atoms with van der Waals surface area (Å²) < 4.78 is 0. The van der Waals surface area contributed by atoms with Gasteiger partial charge in [0.15, 0.2) is 0 Å². The van der Waals surface area contributed by atoms with E-state index in [0.29, 0.717) is 5.92 Å². The van der Waals surface area contributed by atoms with Crippen molar-refractivity contribution in [3.05, 3.63) is 62.0 Å². The minimum absolute atomic E-state index is 0.337. The van der Waals surface area contributed by atoms with Gasteiger partial charge in [-0.25, -0.2) is 4.98 Å². The van der Waals surface area contributed by atoms with Gasteiger partial charge >= 0.3 is 0 Å². The zero-order valence-electron chi connectivity index (χ0n) is 13.7. The standard InChI is InChI=1S/C19H22N2S/c1-13-12-22-19(20-13)14(2)18-16(9-10-21(3)4)11-15-7-5-6-8-17(15)18/h5,7,12,14H,9-11H2,1-4H3. The number of hydrogen-bond acceptors (Lipinski definition) is 3. The Hall–Kier alpha value is -1.63. The van der Waals surface area contributed by atoms with E-state index < -0.39 is 0 Å². The number of rotatable bonds is 5. The highest BCUT2D eigenvalue weighted by Crippen LogP contribution is 2.45. The lowest BCUT2D eigenvalue weighted by Crippen LogP contribution is -2.14. The first-order chi connectivity index (χ1) is 10.6. The van der Waals surface area contributed by atoms with Crippen LogP contribution in [0, 0.1) is 6.92 Å². The van der Waals surface area contributed by atoms with Gasteiger partial charge in [0.05, 0.1) is 0 Å². The van der Waals surface area contributed by atoms with Crippen LogP contribution in [0.25, 0.3) is 0 Å². The second-order valence-corrected chi connectivity index (χ2v) is 7.19. The third kappa shape index (κ3) is 2.95. The number of aryl methyl sites for hydroxylation is 1. The lowest BCUT2D eigenvalue weighted by atomic mass is 9.92. The van der Waals surface area contributed by atoms with Gasteiger partial charge < -0.3 is 4.90 Å². The Morgan fingerprint density at radius 1 is 1.41 bits per heavy atom. The third-order valence-electron chi connectivity index (χ3n) is 4.24. The predicted octanol–water partition coefficient (Wildman–Crippen LogP) is 4.38. The third-order valence-corrected chi connectivity index (χ3v) is 5.39. The molecular formula is C19H22N2S. The van der Waals surface area contributed by atoms with E-state index in [0.717, 1.165) is 25.1 Å². The molecule has 1 aromatic heterocycles. The molecular weight excluding hydrogens is 288 g/mol. The highest BCUT2D eigenvalue weighted by Gasteiger charge is 2.30. The van der Waals surface area contributed by atoms with Crippen molar-refractivity contribution in [3.63, 3.8) is 0 Å². The van der Waals surface area contributed by atoms with E-state index in [-0.39, 0.29) is 0 Å². The number of thiazole rings is 1. The number of fused-ring (bicyclic) bond motifs is 1. The summed E-state index contributed by atoms with van der Waals surface area (Å²) >= 11 is 1.77. The lowest BCUT2D eigenvalue weighted by molar-refractivity contribution is 0.411. The zero-order valence-corrected chi connectivity index (χ0v) is 14.5. The van der Waals surface area contributed by atoms with Crippen LogP contribution in [0.4, 0.5) is 0 Å². The van der Waals surface area contributed by atoms with E-state index in [4.69, 9.17) is 4.98 Å². The maximum Gasteiger partial charge on any atom is 0.100 e. The van der Waals surface area contributed by atoms with Gasteiger partial charge in [0.1, 0.15) is 5.01 Å². The second-order valence-electron chi connectivity index (χ2n) is 6.30. The lowest BCUT2D eigenvalue weighted by Gasteiger charge is -2.16. The second kappa shape index (κ2) is 6.24. The summed E-state index contributed by atoms with van der Waals surface area (Å²) in [5, 5.41) is 3.35.